The normalized spacial score (nSPS) is 36.9. The molecule has 2 atom stereocenters. The highest BCUT2D eigenvalue weighted by atomic mass is 16.5. The van der Waals surface area contributed by atoms with E-state index in [1.54, 1.807) is 0 Å². The molecular weight excluding hydrogens is 270 g/mol. The molecule has 2 saturated carbocycles. The van der Waals surface area contributed by atoms with E-state index in [-0.39, 0.29) is 29.9 Å². The Hall–Kier alpha value is -1.10. The maximum Gasteiger partial charge on any atom is 0.306 e. The number of carboxylic acids is 1. The lowest BCUT2D eigenvalue weighted by atomic mass is 9.80. The van der Waals surface area contributed by atoms with Crippen molar-refractivity contribution in [1.29, 1.82) is 0 Å². The molecule has 3 fully saturated rings. The predicted molar refractivity (Wildman–Crippen MR) is 76.8 cm³/mol. The van der Waals surface area contributed by atoms with Gasteiger partial charge in [-0.25, -0.2) is 0 Å². The Morgan fingerprint density at radius 3 is 2.33 bits per heavy atom. The monoisotopic (exact) mass is 295 g/mol. The molecule has 118 valence electrons. The SMILES string of the molecule is O=C(O)C1CCC(C(=O)N2CCOC3CCCCC32)CC1. The van der Waals surface area contributed by atoms with Crippen LogP contribution in [0.1, 0.15) is 51.4 Å². The van der Waals surface area contributed by atoms with Crippen LogP contribution in [-0.4, -0.2) is 47.2 Å². The molecule has 5 heteroatoms. The van der Waals surface area contributed by atoms with Crippen LogP contribution >= 0.6 is 0 Å². The topological polar surface area (TPSA) is 66.8 Å². The highest BCUT2D eigenvalue weighted by molar-refractivity contribution is 5.80. The first-order valence-corrected chi connectivity index (χ1v) is 8.31. The fourth-order valence-electron chi connectivity index (χ4n) is 4.19. The highest BCUT2D eigenvalue weighted by Crippen LogP contribution is 2.34. The summed E-state index contributed by atoms with van der Waals surface area (Å²) in [5.74, 6) is -0.680. The molecule has 0 spiro atoms. The minimum absolute atomic E-state index is 0.0290. The van der Waals surface area contributed by atoms with Crippen LogP contribution in [0.3, 0.4) is 0 Å². The Morgan fingerprint density at radius 2 is 1.62 bits per heavy atom. The van der Waals surface area contributed by atoms with Crippen molar-refractivity contribution in [2.24, 2.45) is 11.8 Å². The van der Waals surface area contributed by atoms with Crippen LogP contribution < -0.4 is 0 Å². The molecule has 3 rings (SSSR count). The van der Waals surface area contributed by atoms with Gasteiger partial charge in [-0.1, -0.05) is 12.8 Å². The number of amides is 1. The van der Waals surface area contributed by atoms with Crippen molar-refractivity contribution < 1.29 is 19.4 Å². The number of fused-ring (bicyclic) bond motifs is 1. The Kier molecular flexibility index (Phi) is 4.48. The average Bonchev–Trinajstić information content (AvgIpc) is 2.53. The molecule has 0 radical (unpaired) electrons. The van der Waals surface area contributed by atoms with E-state index in [0.717, 1.165) is 25.7 Å². The van der Waals surface area contributed by atoms with Crippen molar-refractivity contribution in [3.63, 3.8) is 0 Å². The molecule has 1 aliphatic heterocycles. The third-order valence-electron chi connectivity index (χ3n) is 5.44. The summed E-state index contributed by atoms with van der Waals surface area (Å²) in [6.45, 7) is 1.36. The third kappa shape index (κ3) is 3.07. The Labute approximate surface area is 125 Å². The Balaban J connectivity index is 1.61. The van der Waals surface area contributed by atoms with Crippen LogP contribution in [0, 0.1) is 11.8 Å². The van der Waals surface area contributed by atoms with Crippen molar-refractivity contribution in [2.45, 2.75) is 63.5 Å². The van der Waals surface area contributed by atoms with Crippen LogP contribution in [0.4, 0.5) is 0 Å². The van der Waals surface area contributed by atoms with Crippen LogP contribution in [0.5, 0.6) is 0 Å². The van der Waals surface area contributed by atoms with Gasteiger partial charge in [-0.05, 0) is 38.5 Å². The van der Waals surface area contributed by atoms with Crippen LogP contribution in [0.25, 0.3) is 0 Å². The van der Waals surface area contributed by atoms with E-state index >= 15 is 0 Å². The molecule has 2 aliphatic carbocycles. The lowest BCUT2D eigenvalue weighted by Crippen LogP contribution is -2.56. The summed E-state index contributed by atoms with van der Waals surface area (Å²) in [5, 5.41) is 9.05. The van der Waals surface area contributed by atoms with Gasteiger partial charge in [0, 0.05) is 12.5 Å². The number of carbonyl (C=O) groups excluding carboxylic acids is 1. The lowest BCUT2D eigenvalue weighted by molar-refractivity contribution is -0.156. The molecule has 1 heterocycles. The van der Waals surface area contributed by atoms with Gasteiger partial charge < -0.3 is 14.7 Å². The number of aliphatic carboxylic acids is 1. The number of hydrogen-bond acceptors (Lipinski definition) is 3. The van der Waals surface area contributed by atoms with Gasteiger partial charge in [0.1, 0.15) is 0 Å². The standard InChI is InChI=1S/C16H25NO4/c18-15(11-5-7-12(8-6-11)16(19)20)17-9-10-21-14-4-2-1-3-13(14)17/h11-14H,1-10H2,(H,19,20). The predicted octanol–water partition coefficient (Wildman–Crippen LogP) is 2.05. The average molecular weight is 295 g/mol. The van der Waals surface area contributed by atoms with Crippen molar-refractivity contribution in [3.05, 3.63) is 0 Å². The van der Waals surface area contributed by atoms with Crippen LogP contribution in [0.2, 0.25) is 0 Å². The van der Waals surface area contributed by atoms with Crippen molar-refractivity contribution in [2.75, 3.05) is 13.2 Å². The maximum absolute atomic E-state index is 12.8. The summed E-state index contributed by atoms with van der Waals surface area (Å²) >= 11 is 0. The summed E-state index contributed by atoms with van der Waals surface area (Å²) in [4.78, 5) is 25.9. The first-order chi connectivity index (χ1) is 10.2. The molecule has 0 aromatic carbocycles. The molecule has 3 aliphatic rings. The third-order valence-corrected chi connectivity index (χ3v) is 5.44. The summed E-state index contributed by atoms with van der Waals surface area (Å²) in [5.41, 5.74) is 0. The number of hydrogen-bond donors (Lipinski definition) is 1. The number of carboxylic acid groups (broad SMARTS) is 1. The number of ether oxygens (including phenoxy) is 1. The van der Waals surface area contributed by atoms with Crippen molar-refractivity contribution in [1.82, 2.24) is 4.90 Å². The van der Waals surface area contributed by atoms with Gasteiger partial charge in [0.15, 0.2) is 0 Å². The molecule has 0 aromatic heterocycles. The Bertz CT molecular complexity index is 401. The van der Waals surface area contributed by atoms with E-state index in [4.69, 9.17) is 9.84 Å². The van der Waals surface area contributed by atoms with E-state index in [9.17, 15) is 9.59 Å². The molecule has 1 N–H and O–H groups in total. The molecule has 0 aromatic rings. The molecule has 1 saturated heterocycles. The van der Waals surface area contributed by atoms with Gasteiger partial charge >= 0.3 is 5.97 Å². The second-order valence-corrected chi connectivity index (χ2v) is 6.68. The second kappa shape index (κ2) is 6.34. The van der Waals surface area contributed by atoms with Crippen molar-refractivity contribution in [3.8, 4) is 0 Å². The number of morpholine rings is 1. The lowest BCUT2D eigenvalue weighted by Gasteiger charge is -2.45. The van der Waals surface area contributed by atoms with Gasteiger partial charge in [0.05, 0.1) is 24.7 Å². The molecule has 2 unspecified atom stereocenters. The fraction of sp³-hybridized carbons (Fsp3) is 0.875. The minimum Gasteiger partial charge on any atom is -0.481 e. The van der Waals surface area contributed by atoms with E-state index in [0.29, 0.717) is 26.0 Å². The number of nitrogens with zero attached hydrogens (tertiary/aromatic N) is 1. The molecule has 1 amide bonds. The Morgan fingerprint density at radius 1 is 0.952 bits per heavy atom. The zero-order valence-electron chi connectivity index (χ0n) is 12.5. The number of carbonyl (C=O) groups is 2. The van der Waals surface area contributed by atoms with E-state index < -0.39 is 5.97 Å². The van der Waals surface area contributed by atoms with Crippen LogP contribution in [-0.2, 0) is 14.3 Å². The van der Waals surface area contributed by atoms with E-state index in [2.05, 4.69) is 4.90 Å². The largest absolute Gasteiger partial charge is 0.481 e. The zero-order chi connectivity index (χ0) is 14.8. The second-order valence-electron chi connectivity index (χ2n) is 6.68. The summed E-state index contributed by atoms with van der Waals surface area (Å²) in [6.07, 6.45) is 7.48. The van der Waals surface area contributed by atoms with E-state index in [1.165, 1.54) is 12.8 Å². The van der Waals surface area contributed by atoms with Gasteiger partial charge in [-0.2, -0.15) is 0 Å². The maximum atomic E-state index is 12.8. The summed E-state index contributed by atoms with van der Waals surface area (Å²) in [7, 11) is 0. The first-order valence-electron chi connectivity index (χ1n) is 8.31. The molecule has 0 bridgehead atoms. The van der Waals surface area contributed by atoms with Gasteiger partial charge in [-0.15, -0.1) is 0 Å². The zero-order valence-corrected chi connectivity index (χ0v) is 12.5. The van der Waals surface area contributed by atoms with Crippen molar-refractivity contribution >= 4 is 11.9 Å². The summed E-state index contributed by atoms with van der Waals surface area (Å²) in [6, 6.07) is 0.261. The minimum atomic E-state index is -0.709. The van der Waals surface area contributed by atoms with Gasteiger partial charge in [0.2, 0.25) is 5.91 Å². The fourth-order valence-corrected chi connectivity index (χ4v) is 4.19. The molecule has 21 heavy (non-hydrogen) atoms. The number of rotatable bonds is 2. The van der Waals surface area contributed by atoms with Gasteiger partial charge in [-0.3, -0.25) is 9.59 Å². The molecule has 5 nitrogen and oxygen atoms in total. The summed E-state index contributed by atoms with van der Waals surface area (Å²) < 4.78 is 5.83. The van der Waals surface area contributed by atoms with Gasteiger partial charge in [0.25, 0.3) is 0 Å². The first kappa shape index (κ1) is 14.8. The smallest absolute Gasteiger partial charge is 0.306 e. The highest BCUT2D eigenvalue weighted by Gasteiger charge is 2.40. The quantitative estimate of drug-likeness (QED) is 0.846. The van der Waals surface area contributed by atoms with Crippen LogP contribution in [0.15, 0.2) is 0 Å². The van der Waals surface area contributed by atoms with E-state index in [1.807, 2.05) is 0 Å². The molecular formula is C16H25NO4.